The van der Waals surface area contributed by atoms with E-state index in [1.165, 1.54) is 5.56 Å². The first-order valence-electron chi connectivity index (χ1n) is 7.80. The van der Waals surface area contributed by atoms with Gasteiger partial charge in [-0.3, -0.25) is 9.67 Å². The van der Waals surface area contributed by atoms with E-state index in [-0.39, 0.29) is 0 Å². The number of hydrogen-bond donors (Lipinski definition) is 2. The first kappa shape index (κ1) is 16.9. The predicted molar refractivity (Wildman–Crippen MR) is 92.7 cm³/mol. The molecule has 0 unspecified atom stereocenters. The van der Waals surface area contributed by atoms with Gasteiger partial charge in [-0.15, -0.1) is 0 Å². The van der Waals surface area contributed by atoms with Crippen molar-refractivity contribution < 1.29 is 4.74 Å². The molecule has 1 aromatic heterocycles. The molecule has 1 heterocycles. The summed E-state index contributed by atoms with van der Waals surface area (Å²) in [5.74, 6) is 1.69. The number of nitrogens with one attached hydrogen (secondary N) is 2. The topological polar surface area (TPSA) is 63.5 Å². The molecule has 0 aliphatic rings. The molecule has 0 amide bonds. The number of rotatable bonds is 7. The second-order valence-corrected chi connectivity index (χ2v) is 5.31. The fraction of sp³-hybridized carbons (Fsp3) is 0.412. The number of hydrogen-bond acceptors (Lipinski definition) is 3. The van der Waals surface area contributed by atoms with E-state index in [1.54, 1.807) is 13.2 Å². The smallest absolute Gasteiger partial charge is 0.191 e. The lowest BCUT2D eigenvalue weighted by molar-refractivity contribution is 0.311. The molecule has 0 atom stereocenters. The fourth-order valence-electron chi connectivity index (χ4n) is 2.07. The number of aryl methyl sites for hydroxylation is 2. The van der Waals surface area contributed by atoms with Crippen LogP contribution in [-0.4, -0.2) is 35.9 Å². The maximum absolute atomic E-state index is 5.70. The molecule has 0 saturated heterocycles. The highest BCUT2D eigenvalue weighted by Crippen LogP contribution is 2.11. The molecule has 0 aliphatic carbocycles. The molecular weight excluding hydrogens is 290 g/mol. The van der Waals surface area contributed by atoms with Gasteiger partial charge in [0.05, 0.1) is 18.8 Å². The molecule has 0 fully saturated rings. The van der Waals surface area contributed by atoms with Gasteiger partial charge in [-0.05, 0) is 31.5 Å². The van der Waals surface area contributed by atoms with Crippen LogP contribution in [0.5, 0.6) is 5.75 Å². The standard InChI is InChI=1S/C17H25N5O/c1-14-5-7-16(8-6-14)23-12-4-10-19-17(18-2)20-13-15-9-11-21-22(15)3/h5-9,11H,4,10,12-13H2,1-3H3,(H2,18,19,20). The van der Waals surface area contributed by atoms with Crippen molar-refractivity contribution in [2.45, 2.75) is 19.9 Å². The minimum Gasteiger partial charge on any atom is -0.494 e. The van der Waals surface area contributed by atoms with Crippen LogP contribution >= 0.6 is 0 Å². The van der Waals surface area contributed by atoms with Gasteiger partial charge in [0.25, 0.3) is 0 Å². The maximum atomic E-state index is 5.70. The summed E-state index contributed by atoms with van der Waals surface area (Å²) in [4.78, 5) is 4.21. The number of guanidine groups is 1. The van der Waals surface area contributed by atoms with Crippen LogP contribution < -0.4 is 15.4 Å². The zero-order valence-electron chi connectivity index (χ0n) is 14.0. The highest BCUT2D eigenvalue weighted by Gasteiger charge is 2.01. The molecule has 6 heteroatoms. The van der Waals surface area contributed by atoms with Gasteiger partial charge in [-0.25, -0.2) is 0 Å². The van der Waals surface area contributed by atoms with Crippen molar-refractivity contribution in [3.05, 3.63) is 47.8 Å². The summed E-state index contributed by atoms with van der Waals surface area (Å²) >= 11 is 0. The minimum absolute atomic E-state index is 0.675. The highest BCUT2D eigenvalue weighted by molar-refractivity contribution is 5.79. The van der Waals surface area contributed by atoms with Crippen molar-refractivity contribution in [2.24, 2.45) is 12.0 Å². The SMILES string of the molecule is CN=C(NCCCOc1ccc(C)cc1)NCc1ccnn1C. The van der Waals surface area contributed by atoms with Gasteiger partial charge in [0.1, 0.15) is 5.75 Å². The van der Waals surface area contributed by atoms with Gasteiger partial charge in [-0.1, -0.05) is 17.7 Å². The van der Waals surface area contributed by atoms with E-state index in [0.717, 1.165) is 30.4 Å². The summed E-state index contributed by atoms with van der Waals surface area (Å²) in [6, 6.07) is 10.1. The van der Waals surface area contributed by atoms with E-state index in [4.69, 9.17) is 4.74 Å². The number of nitrogens with zero attached hydrogens (tertiary/aromatic N) is 3. The average molecular weight is 315 g/mol. The molecule has 124 valence electrons. The molecule has 6 nitrogen and oxygen atoms in total. The summed E-state index contributed by atoms with van der Waals surface area (Å²) in [6.45, 7) is 4.24. The van der Waals surface area contributed by atoms with Gasteiger partial charge in [0.2, 0.25) is 0 Å². The van der Waals surface area contributed by atoms with Crippen LogP contribution in [0.3, 0.4) is 0 Å². The molecule has 2 rings (SSSR count). The van der Waals surface area contributed by atoms with Crippen LogP contribution in [0.4, 0.5) is 0 Å². The third-order valence-electron chi connectivity index (χ3n) is 3.49. The lowest BCUT2D eigenvalue weighted by Gasteiger charge is -2.12. The van der Waals surface area contributed by atoms with Crippen molar-refractivity contribution in [3.8, 4) is 5.75 Å². The van der Waals surface area contributed by atoms with Crippen LogP contribution in [0.15, 0.2) is 41.5 Å². The predicted octanol–water partition coefficient (Wildman–Crippen LogP) is 1.86. The number of ether oxygens (including phenoxy) is 1. The Morgan fingerprint density at radius 1 is 1.22 bits per heavy atom. The first-order chi connectivity index (χ1) is 11.2. The van der Waals surface area contributed by atoms with E-state index in [2.05, 4.69) is 39.8 Å². The summed E-state index contributed by atoms with van der Waals surface area (Å²) in [7, 11) is 3.69. The largest absolute Gasteiger partial charge is 0.494 e. The number of aliphatic imine (C=N–C) groups is 1. The summed E-state index contributed by atoms with van der Waals surface area (Å²) in [5.41, 5.74) is 2.35. The zero-order chi connectivity index (χ0) is 16.5. The lowest BCUT2D eigenvalue weighted by atomic mass is 10.2. The Kier molecular flexibility index (Phi) is 6.47. The Bertz CT molecular complexity index is 618. The monoisotopic (exact) mass is 315 g/mol. The Balaban J connectivity index is 1.62. The molecule has 23 heavy (non-hydrogen) atoms. The van der Waals surface area contributed by atoms with E-state index >= 15 is 0 Å². The van der Waals surface area contributed by atoms with Crippen molar-refractivity contribution in [1.82, 2.24) is 20.4 Å². The number of benzene rings is 1. The summed E-state index contributed by atoms with van der Waals surface area (Å²) < 4.78 is 7.54. The van der Waals surface area contributed by atoms with E-state index in [1.807, 2.05) is 29.9 Å². The molecule has 0 aliphatic heterocycles. The van der Waals surface area contributed by atoms with E-state index in [9.17, 15) is 0 Å². The summed E-state index contributed by atoms with van der Waals surface area (Å²) in [6.07, 6.45) is 2.69. The van der Waals surface area contributed by atoms with Gasteiger partial charge in [-0.2, -0.15) is 5.10 Å². The Morgan fingerprint density at radius 3 is 2.65 bits per heavy atom. The van der Waals surface area contributed by atoms with Crippen molar-refractivity contribution >= 4 is 5.96 Å². The maximum Gasteiger partial charge on any atom is 0.191 e. The van der Waals surface area contributed by atoms with Crippen LogP contribution in [0.2, 0.25) is 0 Å². The van der Waals surface area contributed by atoms with Crippen molar-refractivity contribution in [1.29, 1.82) is 0 Å². The fourth-order valence-corrected chi connectivity index (χ4v) is 2.07. The van der Waals surface area contributed by atoms with Gasteiger partial charge < -0.3 is 15.4 Å². The quantitative estimate of drug-likeness (QED) is 0.465. The molecule has 0 bridgehead atoms. The van der Waals surface area contributed by atoms with Crippen molar-refractivity contribution in [3.63, 3.8) is 0 Å². The average Bonchev–Trinajstić information content (AvgIpc) is 2.97. The second kappa shape index (κ2) is 8.82. The lowest BCUT2D eigenvalue weighted by Crippen LogP contribution is -2.38. The minimum atomic E-state index is 0.675. The zero-order valence-corrected chi connectivity index (χ0v) is 14.0. The third-order valence-corrected chi connectivity index (χ3v) is 3.49. The Hall–Kier alpha value is -2.50. The summed E-state index contributed by atoms with van der Waals surface area (Å²) in [5, 5.41) is 10.7. The Morgan fingerprint density at radius 2 is 2.00 bits per heavy atom. The van der Waals surface area contributed by atoms with E-state index in [0.29, 0.717) is 13.2 Å². The van der Waals surface area contributed by atoms with Crippen LogP contribution in [0.25, 0.3) is 0 Å². The van der Waals surface area contributed by atoms with Gasteiger partial charge in [0.15, 0.2) is 5.96 Å². The molecule has 0 saturated carbocycles. The molecule has 2 N–H and O–H groups in total. The van der Waals surface area contributed by atoms with Crippen molar-refractivity contribution in [2.75, 3.05) is 20.2 Å². The molecule has 2 aromatic rings. The first-order valence-corrected chi connectivity index (χ1v) is 7.80. The molecule has 0 radical (unpaired) electrons. The van der Waals surface area contributed by atoms with Gasteiger partial charge in [0, 0.05) is 26.8 Å². The number of aromatic nitrogens is 2. The van der Waals surface area contributed by atoms with Crippen LogP contribution in [-0.2, 0) is 13.6 Å². The highest BCUT2D eigenvalue weighted by atomic mass is 16.5. The Labute approximate surface area is 137 Å². The van der Waals surface area contributed by atoms with Crippen LogP contribution in [0, 0.1) is 6.92 Å². The normalized spacial score (nSPS) is 11.3. The van der Waals surface area contributed by atoms with Gasteiger partial charge >= 0.3 is 0 Å². The van der Waals surface area contributed by atoms with E-state index < -0.39 is 0 Å². The molecular formula is C17H25N5O. The third kappa shape index (κ3) is 5.65. The molecule has 0 spiro atoms. The second-order valence-electron chi connectivity index (χ2n) is 5.31. The molecule has 1 aromatic carbocycles. The van der Waals surface area contributed by atoms with Crippen LogP contribution in [0.1, 0.15) is 17.7 Å².